The van der Waals surface area contributed by atoms with Crippen molar-refractivity contribution in [2.45, 2.75) is 64.6 Å². The molecule has 0 radical (unpaired) electrons. The van der Waals surface area contributed by atoms with Gasteiger partial charge in [0.05, 0.1) is 12.2 Å². The number of aliphatic hydroxyl groups excluding tert-OH is 2. The molecule has 0 bridgehead atoms. The smallest absolute Gasteiger partial charge is 0.0758 e. The molecule has 4 rings (SSSR count). The van der Waals surface area contributed by atoms with Crippen LogP contribution in [0.1, 0.15) is 52.4 Å². The number of aliphatic hydroxyl groups is 2. The van der Waals surface area contributed by atoms with E-state index in [1.165, 1.54) is 24.8 Å². The standard InChI is InChI=1S/C19H28O2/c1-18-9-7-13(20)11-12(18)3-4-14-15-5-6-17(21)19(15,2)10-8-16(14)18/h3,7,9,13-17,20-21H,4-6,8,10-11H2,1-2H3/t13?,14?,15?,16?,17?,18-,19-/m0/s1. The third-order valence-corrected chi connectivity index (χ3v) is 7.58. The first-order valence-electron chi connectivity index (χ1n) is 8.70. The predicted octanol–water partition coefficient (Wildman–Crippen LogP) is 3.45. The van der Waals surface area contributed by atoms with Crippen LogP contribution in [0.5, 0.6) is 0 Å². The zero-order chi connectivity index (χ0) is 14.8. The average molecular weight is 288 g/mol. The highest BCUT2D eigenvalue weighted by Gasteiger charge is 2.57. The fourth-order valence-corrected chi connectivity index (χ4v) is 6.21. The molecular formula is C19H28O2. The zero-order valence-corrected chi connectivity index (χ0v) is 13.3. The summed E-state index contributed by atoms with van der Waals surface area (Å²) in [5.74, 6) is 2.10. The third-order valence-electron chi connectivity index (χ3n) is 7.58. The Morgan fingerprint density at radius 3 is 2.71 bits per heavy atom. The van der Waals surface area contributed by atoms with Gasteiger partial charge in [-0.1, -0.05) is 37.6 Å². The minimum Gasteiger partial charge on any atom is -0.393 e. The number of hydrogen-bond acceptors (Lipinski definition) is 2. The molecule has 0 spiro atoms. The highest BCUT2D eigenvalue weighted by Crippen LogP contribution is 2.63. The molecular weight excluding hydrogens is 260 g/mol. The summed E-state index contributed by atoms with van der Waals surface area (Å²) in [5, 5.41) is 20.4. The molecule has 2 heteroatoms. The van der Waals surface area contributed by atoms with Gasteiger partial charge in [0, 0.05) is 5.41 Å². The van der Waals surface area contributed by atoms with Gasteiger partial charge in [-0.25, -0.2) is 0 Å². The second-order valence-electron chi connectivity index (χ2n) is 8.39. The molecule has 2 nitrogen and oxygen atoms in total. The van der Waals surface area contributed by atoms with E-state index in [2.05, 4.69) is 26.0 Å². The van der Waals surface area contributed by atoms with Crippen LogP contribution in [-0.4, -0.2) is 22.4 Å². The van der Waals surface area contributed by atoms with Crippen molar-refractivity contribution in [3.8, 4) is 0 Å². The van der Waals surface area contributed by atoms with Crippen molar-refractivity contribution < 1.29 is 10.2 Å². The molecule has 0 aromatic carbocycles. The van der Waals surface area contributed by atoms with Crippen LogP contribution in [0.25, 0.3) is 0 Å². The van der Waals surface area contributed by atoms with Crippen LogP contribution in [-0.2, 0) is 0 Å². The van der Waals surface area contributed by atoms with Crippen LogP contribution < -0.4 is 0 Å². The maximum Gasteiger partial charge on any atom is 0.0758 e. The first-order chi connectivity index (χ1) is 9.95. The lowest BCUT2D eigenvalue weighted by Gasteiger charge is -2.56. The van der Waals surface area contributed by atoms with Crippen LogP contribution in [0.3, 0.4) is 0 Å². The van der Waals surface area contributed by atoms with Gasteiger partial charge < -0.3 is 10.2 Å². The minimum absolute atomic E-state index is 0.0923. The van der Waals surface area contributed by atoms with Crippen molar-refractivity contribution >= 4 is 0 Å². The third kappa shape index (κ3) is 1.78. The Balaban J connectivity index is 1.71. The highest BCUT2D eigenvalue weighted by atomic mass is 16.3. The maximum atomic E-state index is 10.4. The van der Waals surface area contributed by atoms with Gasteiger partial charge in [0.2, 0.25) is 0 Å². The molecule has 116 valence electrons. The molecule has 0 aliphatic heterocycles. The number of rotatable bonds is 0. The summed E-state index contributed by atoms with van der Waals surface area (Å²) >= 11 is 0. The number of allylic oxidation sites excluding steroid dienone is 2. The Labute approximate surface area is 127 Å². The summed E-state index contributed by atoms with van der Waals surface area (Å²) in [4.78, 5) is 0. The Hall–Kier alpha value is -0.600. The minimum atomic E-state index is -0.289. The molecule has 0 aromatic heterocycles. The van der Waals surface area contributed by atoms with Crippen LogP contribution in [0.15, 0.2) is 23.8 Å². The monoisotopic (exact) mass is 288 g/mol. The van der Waals surface area contributed by atoms with Crippen molar-refractivity contribution in [1.29, 1.82) is 0 Å². The van der Waals surface area contributed by atoms with Gasteiger partial charge in [-0.3, -0.25) is 0 Å². The van der Waals surface area contributed by atoms with E-state index in [4.69, 9.17) is 0 Å². The van der Waals surface area contributed by atoms with Gasteiger partial charge in [0.15, 0.2) is 0 Å². The molecule has 0 aromatic rings. The largest absolute Gasteiger partial charge is 0.393 e. The fraction of sp³-hybridized carbons (Fsp3) is 0.789. The molecule has 21 heavy (non-hydrogen) atoms. The van der Waals surface area contributed by atoms with Gasteiger partial charge in [-0.15, -0.1) is 0 Å². The van der Waals surface area contributed by atoms with Crippen LogP contribution in [0.2, 0.25) is 0 Å². The van der Waals surface area contributed by atoms with E-state index >= 15 is 0 Å². The second kappa shape index (κ2) is 4.45. The lowest BCUT2D eigenvalue weighted by Crippen LogP contribution is -2.50. The molecule has 4 aliphatic carbocycles. The van der Waals surface area contributed by atoms with Crippen molar-refractivity contribution in [2.75, 3.05) is 0 Å². The SMILES string of the molecule is C[C@]12CCC3C(CC=C4CC(O)C=C[C@@]43C)C1CCC2O. The van der Waals surface area contributed by atoms with Gasteiger partial charge >= 0.3 is 0 Å². The van der Waals surface area contributed by atoms with Gasteiger partial charge in [0.25, 0.3) is 0 Å². The molecule has 0 amide bonds. The van der Waals surface area contributed by atoms with Crippen LogP contribution >= 0.6 is 0 Å². The van der Waals surface area contributed by atoms with E-state index < -0.39 is 0 Å². The van der Waals surface area contributed by atoms with E-state index in [-0.39, 0.29) is 23.0 Å². The van der Waals surface area contributed by atoms with Crippen LogP contribution in [0, 0.1) is 28.6 Å². The van der Waals surface area contributed by atoms with Gasteiger partial charge in [-0.2, -0.15) is 0 Å². The van der Waals surface area contributed by atoms with Crippen molar-refractivity contribution in [3.63, 3.8) is 0 Å². The van der Waals surface area contributed by atoms with Crippen molar-refractivity contribution in [1.82, 2.24) is 0 Å². The Morgan fingerprint density at radius 1 is 1.10 bits per heavy atom. The topological polar surface area (TPSA) is 40.5 Å². The van der Waals surface area contributed by atoms with E-state index in [0.29, 0.717) is 11.8 Å². The summed E-state index contributed by atoms with van der Waals surface area (Å²) in [6, 6.07) is 0. The maximum absolute atomic E-state index is 10.4. The molecule has 2 fully saturated rings. The van der Waals surface area contributed by atoms with E-state index in [1.54, 1.807) is 0 Å². The fourth-order valence-electron chi connectivity index (χ4n) is 6.21. The molecule has 5 unspecified atom stereocenters. The van der Waals surface area contributed by atoms with Crippen molar-refractivity contribution in [3.05, 3.63) is 23.8 Å². The first-order valence-corrected chi connectivity index (χ1v) is 8.70. The molecule has 4 aliphatic rings. The number of hydrogen-bond donors (Lipinski definition) is 2. The zero-order valence-electron chi connectivity index (χ0n) is 13.3. The summed E-state index contributed by atoms with van der Waals surface area (Å²) < 4.78 is 0. The summed E-state index contributed by atoms with van der Waals surface area (Å²) in [6.07, 6.45) is 12.9. The highest BCUT2D eigenvalue weighted by molar-refractivity contribution is 5.32. The quantitative estimate of drug-likeness (QED) is 0.670. The normalized spacial score (nSPS) is 55.4. The summed E-state index contributed by atoms with van der Waals surface area (Å²) in [7, 11) is 0. The molecule has 0 saturated heterocycles. The molecule has 7 atom stereocenters. The lowest BCUT2D eigenvalue weighted by molar-refractivity contribution is -0.0551. The van der Waals surface area contributed by atoms with E-state index in [9.17, 15) is 10.2 Å². The van der Waals surface area contributed by atoms with Crippen molar-refractivity contribution in [2.24, 2.45) is 28.6 Å². The Bertz CT molecular complexity index is 508. The average Bonchev–Trinajstić information content (AvgIpc) is 2.76. The second-order valence-corrected chi connectivity index (χ2v) is 8.39. The molecule has 2 N–H and O–H groups in total. The van der Waals surface area contributed by atoms with Crippen LogP contribution in [0.4, 0.5) is 0 Å². The van der Waals surface area contributed by atoms with Gasteiger partial charge in [-0.05, 0) is 61.7 Å². The molecule has 2 saturated carbocycles. The lowest BCUT2D eigenvalue weighted by atomic mass is 9.49. The van der Waals surface area contributed by atoms with E-state index in [0.717, 1.165) is 25.2 Å². The number of fused-ring (bicyclic) bond motifs is 5. The van der Waals surface area contributed by atoms with E-state index in [1.807, 2.05) is 6.08 Å². The Morgan fingerprint density at radius 2 is 1.90 bits per heavy atom. The summed E-state index contributed by atoms with van der Waals surface area (Å²) in [5.41, 5.74) is 1.76. The molecule has 0 heterocycles. The Kier molecular flexibility index (Phi) is 2.97. The first kappa shape index (κ1) is 14.0. The van der Waals surface area contributed by atoms with Gasteiger partial charge in [0.1, 0.15) is 0 Å². The predicted molar refractivity (Wildman–Crippen MR) is 83.6 cm³/mol. The summed E-state index contributed by atoms with van der Waals surface area (Å²) in [6.45, 7) is 4.71.